The third kappa shape index (κ3) is 12.5. The van der Waals surface area contributed by atoms with Gasteiger partial charge in [0, 0.05) is 25.3 Å². The van der Waals surface area contributed by atoms with Crippen LogP contribution in [0.3, 0.4) is 0 Å². The van der Waals surface area contributed by atoms with Crippen molar-refractivity contribution in [2.24, 2.45) is 9.98 Å². The summed E-state index contributed by atoms with van der Waals surface area (Å²) in [6.45, 7) is -21.3. The number of Topliss-reactive ketones (excluding diaryl/α,β-unsaturated/α-hetero) is 2. The van der Waals surface area contributed by atoms with E-state index in [1.807, 2.05) is 0 Å². The zero-order chi connectivity index (χ0) is 64.6. The fourth-order valence-electron chi connectivity index (χ4n) is 10.5. The Bertz CT molecular complexity index is 4340. The Balaban J connectivity index is 0.000000176. The van der Waals surface area contributed by atoms with Gasteiger partial charge in [-0.1, -0.05) is 30.1 Å². The van der Waals surface area contributed by atoms with Crippen LogP contribution in [-0.2, 0) is 95.1 Å². The van der Waals surface area contributed by atoms with E-state index in [0.29, 0.717) is 4.68 Å². The number of imidazole rings is 2. The highest BCUT2D eigenvalue weighted by molar-refractivity contribution is 8.44. The lowest BCUT2D eigenvalue weighted by Gasteiger charge is -2.28. The number of anilines is 2. The zero-order valence-corrected chi connectivity index (χ0v) is 51.7. The van der Waals surface area contributed by atoms with E-state index in [-0.39, 0.29) is 83.3 Å². The first-order valence-electron chi connectivity index (χ1n) is 26.0. The number of hydrogen-bond donors (Lipinski definition) is 8. The van der Waals surface area contributed by atoms with Gasteiger partial charge in [-0.15, -0.1) is 10.2 Å². The number of nitrogen functional groups attached to an aromatic ring is 2. The Morgan fingerprint density at radius 3 is 1.82 bits per heavy atom. The third-order valence-electron chi connectivity index (χ3n) is 14.5. The van der Waals surface area contributed by atoms with Crippen LogP contribution in [0.15, 0.2) is 32.2 Å². The van der Waals surface area contributed by atoms with E-state index in [2.05, 4.69) is 72.8 Å². The summed E-state index contributed by atoms with van der Waals surface area (Å²) >= 11 is 19.1. The molecule has 19 atom stereocenters. The number of ether oxygens (including phenoxy) is 4. The smallest absolute Gasteiger partial charge is 0.369 e. The van der Waals surface area contributed by atoms with Gasteiger partial charge in [0.1, 0.15) is 42.7 Å². The fraction of sp³-hybridized carbons (Fsp3) is 0.561. The Labute approximate surface area is 528 Å². The molecule has 14 rings (SSSR count). The molecule has 6 aromatic rings. The quantitative estimate of drug-likeness (QED) is 0.0708. The first-order valence-corrected chi connectivity index (χ1v) is 36.4. The lowest BCUT2D eigenvalue weighted by molar-refractivity contribution is -0.141. The number of aromatic amines is 2. The number of rotatable bonds is 4. The van der Waals surface area contributed by atoms with E-state index >= 15 is 22.0 Å². The van der Waals surface area contributed by atoms with Crippen molar-refractivity contribution < 1.29 is 106 Å². The van der Waals surface area contributed by atoms with Crippen LogP contribution in [0, 0.1) is 0 Å². The molecule has 0 radical (unpaired) electrons. The molecular formula is C41H45F5N18O20P4S4. The van der Waals surface area contributed by atoms with Crippen molar-refractivity contribution >= 4 is 144 Å². The molecule has 14 heterocycles. The number of carbonyl (C=O) groups excluding carboxylic acids is 2. The van der Waals surface area contributed by atoms with Crippen molar-refractivity contribution in [3.8, 4) is 0 Å². The van der Waals surface area contributed by atoms with E-state index in [1.54, 1.807) is 0 Å². The monoisotopic (exact) mass is 1460 g/mol. The van der Waals surface area contributed by atoms with Crippen LogP contribution in [0.25, 0.3) is 22.3 Å². The van der Waals surface area contributed by atoms with Gasteiger partial charge in [-0.2, -0.15) is 28.1 Å². The molecule has 6 aromatic heterocycles. The molecule has 0 aromatic carbocycles. The predicted octanol–water partition coefficient (Wildman–Crippen LogP) is 1.76. The van der Waals surface area contributed by atoms with Crippen LogP contribution in [0.2, 0.25) is 0 Å². The largest absolute Gasteiger partial charge is 0.386 e. The molecular weight excluding hydrogens is 1410 g/mol. The number of nitrogens with two attached hydrogens (primary N) is 2. The molecule has 4 unspecified atom stereocenters. The molecule has 8 aliphatic heterocycles. The molecule has 9 N–H and O–H groups in total. The van der Waals surface area contributed by atoms with E-state index < -0.39 is 168 Å². The number of ketones is 2. The minimum atomic E-state index is -4.66. The normalized spacial score (nSPS) is 37.9. The number of aromatic nitrogens is 14. The molecule has 6 fully saturated rings. The summed E-state index contributed by atoms with van der Waals surface area (Å²) in [7, 11) is 0. The summed E-state index contributed by atoms with van der Waals surface area (Å²) in [4.78, 5) is 110. The molecule has 498 valence electrons. The van der Waals surface area contributed by atoms with Crippen LogP contribution >= 0.6 is 39.2 Å². The number of carbonyl (C=O) groups is 2. The van der Waals surface area contributed by atoms with Crippen molar-refractivity contribution in [1.29, 1.82) is 0 Å². The van der Waals surface area contributed by atoms with Gasteiger partial charge < -0.3 is 58.7 Å². The molecule has 0 aliphatic carbocycles. The fourth-order valence-corrected chi connectivity index (χ4v) is 16.2. The van der Waals surface area contributed by atoms with Crippen molar-refractivity contribution in [2.75, 3.05) is 37.9 Å². The average Bonchev–Trinajstić information content (AvgIpc) is 1.62. The summed E-state index contributed by atoms with van der Waals surface area (Å²) in [5.41, 5.74) is 8.75. The summed E-state index contributed by atoms with van der Waals surface area (Å²) in [6.07, 6.45) is -22.8. The van der Waals surface area contributed by atoms with Crippen LogP contribution in [-0.4, -0.2) is 207 Å². The number of halogens is 5. The van der Waals surface area contributed by atoms with E-state index in [0.717, 1.165) is 21.9 Å². The van der Waals surface area contributed by atoms with Gasteiger partial charge in [-0.05, 0) is 35.4 Å². The van der Waals surface area contributed by atoms with Crippen molar-refractivity contribution in [3.63, 3.8) is 0 Å². The van der Waals surface area contributed by atoms with Crippen molar-refractivity contribution in [2.45, 2.75) is 118 Å². The van der Waals surface area contributed by atoms with Gasteiger partial charge >= 0.3 is 32.9 Å². The number of alkyl halides is 5. The lowest BCUT2D eigenvalue weighted by Crippen LogP contribution is -2.41. The van der Waals surface area contributed by atoms with Gasteiger partial charge in [0.25, 0.3) is 11.1 Å². The highest BCUT2D eigenvalue weighted by Crippen LogP contribution is 2.61. The number of hydrogen-bond acceptors (Lipinski definition) is 32. The maximum absolute atomic E-state index is 16.0. The molecule has 0 amide bonds. The topological polar surface area (TPSA) is 488 Å². The van der Waals surface area contributed by atoms with Gasteiger partial charge in [0.2, 0.25) is 18.1 Å². The van der Waals surface area contributed by atoms with E-state index in [9.17, 15) is 38.4 Å². The number of nitrogens with zero attached hydrogens (tertiary/aromatic N) is 14. The second-order valence-electron chi connectivity index (χ2n) is 20.4. The maximum atomic E-state index is 16.0. The van der Waals surface area contributed by atoms with Gasteiger partial charge in [-0.25, -0.2) is 37.7 Å². The summed E-state index contributed by atoms with van der Waals surface area (Å²) < 4.78 is 162. The maximum Gasteiger partial charge on any atom is 0.386 e. The number of thiol groups is 1. The predicted molar refractivity (Wildman–Crippen MR) is 311 cm³/mol. The molecule has 6 saturated heterocycles. The first kappa shape index (κ1) is 66.8. The van der Waals surface area contributed by atoms with Gasteiger partial charge in [0.15, 0.2) is 100 Å². The minimum absolute atomic E-state index is 0. The highest BCUT2D eigenvalue weighted by Gasteiger charge is 2.64. The number of H-pyrrole nitrogens is 2. The van der Waals surface area contributed by atoms with Crippen LogP contribution < -0.4 is 22.6 Å². The summed E-state index contributed by atoms with van der Waals surface area (Å²) in [5.74, 6) is -5.83. The molecule has 0 spiro atoms. The van der Waals surface area contributed by atoms with Crippen LogP contribution in [0.4, 0.5) is 45.5 Å². The second-order valence-corrected chi connectivity index (χ2v) is 31.6. The molecule has 8 aliphatic rings. The van der Waals surface area contributed by atoms with Crippen molar-refractivity contribution in [3.05, 3.63) is 44.8 Å². The average molecular weight is 1460 g/mol. The number of nitrogens with one attached hydrogen (secondary N) is 2. The molecule has 92 heavy (non-hydrogen) atoms. The minimum Gasteiger partial charge on any atom is -0.369 e. The van der Waals surface area contributed by atoms with Crippen molar-refractivity contribution in [1.82, 2.24) is 69.0 Å². The van der Waals surface area contributed by atoms with Crippen LogP contribution in [0.5, 0.6) is 0 Å². The molecule has 4 bridgehead atoms. The number of fused-ring (bicyclic) bond motifs is 10. The Hall–Kier alpha value is -5.16. The second kappa shape index (κ2) is 24.8. The standard InChI is InChI=1S/C20H20F3N9O10P2S2.C20H21F2N9O10P2S2.CH4/c21-9-7-3-37-44(36,46)42-13-8(40-18(20(13,22)23)32-14-10(29-30-32)6(33)1-2-25-14)4-38-43(35,45)41-12(9)17(39-7)31-5-26-11-15(31)27-19(24)28-16(11)34;21-9-7-3-36-42(34,44)40-13-8(39-18(10(13)22)30-5-25-11-6(32)1-2-24-15(11)30)4-37-43(35,45)41-14(9)19(38-7)31-16-12(28-29-31)17(33)27-20(23)26-16;/h2,5,7-9,12-13,17-18H,1,3-4H2,(H,35,45)(H,36,46)(H3,24,27,28,34);2,5,7-10,13-14,18-19H,1,3-4H2,(H,34,44)(H,35,45)(H3,23,26,27,33);1H4/t7-,8-,9-,12-,13-,17-,18-,43?,44?;7-,8-,9-,10+,13-,14-,18-,19-,42?,43?;/m11./s1. The summed E-state index contributed by atoms with van der Waals surface area (Å²) in [6, 6.07) is 0. The molecule has 51 heteroatoms. The van der Waals surface area contributed by atoms with E-state index in [1.165, 1.54) is 17.0 Å². The number of aliphatic imine (C=N–C) groups is 2. The molecule has 38 nitrogen and oxygen atoms in total. The SMILES string of the molecule is C.Nc1nc2c(ncn2[C@@H]2O[C@@H]3COP(O)(=S)O[C@@H]4[C@@H](COP(=O)(S)O[C@@H]2[C@@H]3F)O[C@@H](n2nnc3c2N=CCC3=O)C4(F)F)c(=O)[nH]1.Nc1nc2c(nnn2[C@@H]2O[C@@H]3COP(O)(=S)O[C@H]4[C@H](F)[C@H](n5cnc6c5N=CCC6=O)O[C@@H]4COP(O)(=S)O[C@@H]2[C@@H]3F)c(=O)[nH]1. The lowest BCUT2D eigenvalue weighted by atomic mass is 10.1. The molecule has 0 saturated carbocycles. The Morgan fingerprint density at radius 2 is 1.14 bits per heavy atom. The third-order valence-corrected chi connectivity index (χ3v) is 20.8. The summed E-state index contributed by atoms with van der Waals surface area (Å²) in [5, 5.41) is 14.8. The first-order chi connectivity index (χ1) is 43.0. The highest BCUT2D eigenvalue weighted by atomic mass is 32.7. The van der Waals surface area contributed by atoms with Gasteiger partial charge in [0.05, 0.1) is 39.1 Å². The van der Waals surface area contributed by atoms with Gasteiger partial charge in [-0.3, -0.25) is 60.9 Å². The zero-order valence-electron chi connectivity index (χ0n) is 44.8. The Morgan fingerprint density at radius 1 is 0.609 bits per heavy atom. The Kier molecular flexibility index (Phi) is 18.0. The van der Waals surface area contributed by atoms with Crippen LogP contribution in [0.1, 0.15) is 66.2 Å². The van der Waals surface area contributed by atoms with E-state index in [4.69, 9.17) is 102 Å².